The SMILES string of the molecule is CCOc1ncccc1CNC(=NC)NCC(C)Cc1cccs1.I. The molecule has 25 heavy (non-hydrogen) atoms. The van der Waals surface area contributed by atoms with E-state index in [1.807, 2.05) is 30.4 Å². The van der Waals surface area contributed by atoms with Gasteiger partial charge < -0.3 is 15.4 Å². The van der Waals surface area contributed by atoms with Crippen LogP contribution in [0.15, 0.2) is 40.8 Å². The second kappa shape index (κ2) is 12.1. The monoisotopic (exact) mass is 474 g/mol. The number of pyridine rings is 1. The number of aliphatic imine (C=N–C) groups is 1. The van der Waals surface area contributed by atoms with Crippen molar-refractivity contribution in [2.45, 2.75) is 26.8 Å². The first-order valence-corrected chi connectivity index (χ1v) is 9.14. The Kier molecular flexibility index (Phi) is 10.5. The minimum Gasteiger partial charge on any atom is -0.478 e. The van der Waals surface area contributed by atoms with Gasteiger partial charge in [-0.2, -0.15) is 0 Å². The molecule has 0 saturated carbocycles. The molecule has 138 valence electrons. The Hall–Kier alpha value is -1.35. The minimum absolute atomic E-state index is 0. The van der Waals surface area contributed by atoms with Crippen molar-refractivity contribution in [3.63, 3.8) is 0 Å². The Morgan fingerprint density at radius 3 is 2.84 bits per heavy atom. The normalized spacial score (nSPS) is 12.2. The van der Waals surface area contributed by atoms with E-state index in [4.69, 9.17) is 4.74 Å². The molecule has 0 radical (unpaired) electrons. The van der Waals surface area contributed by atoms with E-state index in [9.17, 15) is 0 Å². The van der Waals surface area contributed by atoms with E-state index in [-0.39, 0.29) is 24.0 Å². The third-order valence-electron chi connectivity index (χ3n) is 3.55. The van der Waals surface area contributed by atoms with Gasteiger partial charge in [0.2, 0.25) is 5.88 Å². The zero-order chi connectivity index (χ0) is 17.2. The van der Waals surface area contributed by atoms with Crippen molar-refractivity contribution in [3.8, 4) is 5.88 Å². The molecule has 0 saturated heterocycles. The van der Waals surface area contributed by atoms with Gasteiger partial charge in [0.05, 0.1) is 6.61 Å². The fourth-order valence-corrected chi connectivity index (χ4v) is 3.21. The van der Waals surface area contributed by atoms with E-state index < -0.39 is 0 Å². The first-order valence-electron chi connectivity index (χ1n) is 8.26. The van der Waals surface area contributed by atoms with Crippen molar-refractivity contribution in [1.29, 1.82) is 0 Å². The highest BCUT2D eigenvalue weighted by molar-refractivity contribution is 14.0. The summed E-state index contributed by atoms with van der Waals surface area (Å²) in [5, 5.41) is 8.83. The third-order valence-corrected chi connectivity index (χ3v) is 4.45. The van der Waals surface area contributed by atoms with Gasteiger partial charge in [0, 0.05) is 36.8 Å². The molecule has 7 heteroatoms. The van der Waals surface area contributed by atoms with Crippen molar-refractivity contribution in [2.75, 3.05) is 20.2 Å². The van der Waals surface area contributed by atoms with Crippen LogP contribution in [-0.4, -0.2) is 31.1 Å². The number of nitrogens with zero attached hydrogens (tertiary/aromatic N) is 2. The second-order valence-corrected chi connectivity index (χ2v) is 6.63. The van der Waals surface area contributed by atoms with Gasteiger partial charge in [0.15, 0.2) is 5.96 Å². The predicted molar refractivity (Wildman–Crippen MR) is 116 cm³/mol. The average Bonchev–Trinajstić information content (AvgIpc) is 3.09. The van der Waals surface area contributed by atoms with Crippen molar-refractivity contribution in [2.24, 2.45) is 10.9 Å². The molecule has 2 aromatic heterocycles. The number of thiophene rings is 1. The largest absolute Gasteiger partial charge is 0.478 e. The van der Waals surface area contributed by atoms with Crippen LogP contribution >= 0.6 is 35.3 Å². The summed E-state index contributed by atoms with van der Waals surface area (Å²) in [6.07, 6.45) is 2.83. The second-order valence-electron chi connectivity index (χ2n) is 5.60. The van der Waals surface area contributed by atoms with Crippen LogP contribution < -0.4 is 15.4 Å². The Bertz CT molecular complexity index is 634. The van der Waals surface area contributed by atoms with Crippen LogP contribution in [0.1, 0.15) is 24.3 Å². The lowest BCUT2D eigenvalue weighted by Gasteiger charge is -2.16. The Balaban J connectivity index is 0.00000312. The number of hydrogen-bond acceptors (Lipinski definition) is 4. The number of aromatic nitrogens is 1. The lowest BCUT2D eigenvalue weighted by molar-refractivity contribution is 0.322. The number of guanidine groups is 1. The quantitative estimate of drug-likeness (QED) is 0.348. The summed E-state index contributed by atoms with van der Waals surface area (Å²) >= 11 is 1.81. The van der Waals surface area contributed by atoms with E-state index >= 15 is 0 Å². The molecular formula is C18H27IN4OS. The molecule has 0 bridgehead atoms. The molecule has 5 nitrogen and oxygen atoms in total. The number of halogens is 1. The molecule has 2 N–H and O–H groups in total. The fraction of sp³-hybridized carbons (Fsp3) is 0.444. The van der Waals surface area contributed by atoms with Crippen LogP contribution in [0.25, 0.3) is 0 Å². The summed E-state index contributed by atoms with van der Waals surface area (Å²) in [7, 11) is 1.78. The molecule has 0 fully saturated rings. The van der Waals surface area contributed by atoms with Gasteiger partial charge in [0.1, 0.15) is 0 Å². The van der Waals surface area contributed by atoms with Crippen LogP contribution in [-0.2, 0) is 13.0 Å². The van der Waals surface area contributed by atoms with E-state index in [1.54, 1.807) is 13.2 Å². The van der Waals surface area contributed by atoms with Gasteiger partial charge in [0.25, 0.3) is 0 Å². The molecule has 0 spiro atoms. The molecule has 0 aliphatic carbocycles. The molecular weight excluding hydrogens is 447 g/mol. The van der Waals surface area contributed by atoms with Gasteiger partial charge in [-0.1, -0.05) is 19.1 Å². The van der Waals surface area contributed by atoms with Gasteiger partial charge in [-0.05, 0) is 36.8 Å². The summed E-state index contributed by atoms with van der Waals surface area (Å²) in [5.74, 6) is 2.01. The predicted octanol–water partition coefficient (Wildman–Crippen LogP) is 3.70. The number of nitrogens with one attached hydrogen (secondary N) is 2. The van der Waals surface area contributed by atoms with Gasteiger partial charge in [-0.3, -0.25) is 4.99 Å². The fourth-order valence-electron chi connectivity index (χ4n) is 2.34. The summed E-state index contributed by atoms with van der Waals surface area (Å²) in [4.78, 5) is 9.97. The summed E-state index contributed by atoms with van der Waals surface area (Å²) in [6, 6.07) is 8.22. The first-order chi connectivity index (χ1) is 11.7. The average molecular weight is 474 g/mol. The molecule has 0 aliphatic rings. The Labute approximate surface area is 171 Å². The first kappa shape index (κ1) is 21.7. The van der Waals surface area contributed by atoms with Crippen molar-refractivity contribution in [1.82, 2.24) is 15.6 Å². The Morgan fingerprint density at radius 1 is 1.32 bits per heavy atom. The minimum atomic E-state index is 0. The molecule has 2 rings (SSSR count). The van der Waals surface area contributed by atoms with Crippen LogP contribution in [0, 0.1) is 5.92 Å². The summed E-state index contributed by atoms with van der Waals surface area (Å²) in [6.45, 7) is 6.32. The molecule has 0 aliphatic heterocycles. The van der Waals surface area contributed by atoms with Gasteiger partial charge in [-0.15, -0.1) is 35.3 Å². The molecule has 1 atom stereocenters. The molecule has 2 aromatic rings. The maximum atomic E-state index is 5.55. The van der Waals surface area contributed by atoms with E-state index in [0.29, 0.717) is 24.9 Å². The van der Waals surface area contributed by atoms with Crippen LogP contribution in [0.4, 0.5) is 0 Å². The lowest BCUT2D eigenvalue weighted by Crippen LogP contribution is -2.39. The number of rotatable bonds is 8. The van der Waals surface area contributed by atoms with Crippen LogP contribution in [0.5, 0.6) is 5.88 Å². The number of ether oxygens (including phenoxy) is 1. The molecule has 0 amide bonds. The van der Waals surface area contributed by atoms with Gasteiger partial charge in [-0.25, -0.2) is 4.98 Å². The highest BCUT2D eigenvalue weighted by Gasteiger charge is 2.08. The van der Waals surface area contributed by atoms with E-state index in [2.05, 4.69) is 45.0 Å². The van der Waals surface area contributed by atoms with Crippen LogP contribution in [0.2, 0.25) is 0 Å². The topological polar surface area (TPSA) is 58.5 Å². The smallest absolute Gasteiger partial charge is 0.218 e. The Morgan fingerprint density at radius 2 is 2.16 bits per heavy atom. The third kappa shape index (κ3) is 7.60. The zero-order valence-corrected chi connectivity index (χ0v) is 18.1. The van der Waals surface area contributed by atoms with E-state index in [1.165, 1.54) is 4.88 Å². The molecule has 2 heterocycles. The molecule has 0 aromatic carbocycles. The van der Waals surface area contributed by atoms with E-state index in [0.717, 1.165) is 24.5 Å². The maximum absolute atomic E-state index is 5.55. The maximum Gasteiger partial charge on any atom is 0.218 e. The standard InChI is InChI=1S/C18H26N4OS.HI/c1-4-23-17-15(7-5-9-20-17)13-22-18(19-3)21-12-14(2)11-16-8-6-10-24-16;/h5-10,14H,4,11-13H2,1-3H3,(H2,19,21,22);1H. The highest BCUT2D eigenvalue weighted by atomic mass is 127. The molecule has 1 unspecified atom stereocenters. The van der Waals surface area contributed by atoms with Crippen molar-refractivity contribution >= 4 is 41.3 Å². The van der Waals surface area contributed by atoms with Crippen molar-refractivity contribution < 1.29 is 4.74 Å². The lowest BCUT2D eigenvalue weighted by atomic mass is 10.1. The van der Waals surface area contributed by atoms with Crippen LogP contribution in [0.3, 0.4) is 0 Å². The van der Waals surface area contributed by atoms with Gasteiger partial charge >= 0.3 is 0 Å². The summed E-state index contributed by atoms with van der Waals surface area (Å²) in [5.41, 5.74) is 1.02. The zero-order valence-electron chi connectivity index (χ0n) is 15.0. The van der Waals surface area contributed by atoms with Crippen molar-refractivity contribution in [3.05, 3.63) is 46.3 Å². The number of hydrogen-bond donors (Lipinski definition) is 2. The summed E-state index contributed by atoms with van der Waals surface area (Å²) < 4.78 is 5.55. The highest BCUT2D eigenvalue weighted by Crippen LogP contribution is 2.14.